The number of fused-ring (bicyclic) bond motifs is 1. The van der Waals surface area contributed by atoms with Gasteiger partial charge in [0.1, 0.15) is 13.2 Å². The average molecular weight is 238 g/mol. The standard InChI is InChI=1S/C13H18O4/c1-15-9-11-8-13-12(16-5-6-17-13)7-10(11)3-2-4-14/h7-8,14H,2-6,9H2,1H3. The minimum Gasteiger partial charge on any atom is -0.486 e. The lowest BCUT2D eigenvalue weighted by Gasteiger charge is -2.21. The molecule has 1 aromatic carbocycles. The fourth-order valence-electron chi connectivity index (χ4n) is 1.97. The zero-order chi connectivity index (χ0) is 12.1. The molecule has 2 rings (SSSR count). The molecule has 17 heavy (non-hydrogen) atoms. The molecular formula is C13H18O4. The normalized spacial score (nSPS) is 13.8. The van der Waals surface area contributed by atoms with E-state index in [4.69, 9.17) is 19.3 Å². The number of aryl methyl sites for hydroxylation is 1. The molecule has 1 aliphatic rings. The van der Waals surface area contributed by atoms with Crippen LogP contribution < -0.4 is 9.47 Å². The fourth-order valence-corrected chi connectivity index (χ4v) is 1.97. The number of benzene rings is 1. The summed E-state index contributed by atoms with van der Waals surface area (Å²) < 4.78 is 16.3. The van der Waals surface area contributed by atoms with Crippen LogP contribution in [0.25, 0.3) is 0 Å². The highest BCUT2D eigenvalue weighted by Crippen LogP contribution is 2.34. The molecule has 0 unspecified atom stereocenters. The minimum absolute atomic E-state index is 0.195. The smallest absolute Gasteiger partial charge is 0.161 e. The van der Waals surface area contributed by atoms with Gasteiger partial charge >= 0.3 is 0 Å². The molecule has 1 aromatic rings. The van der Waals surface area contributed by atoms with E-state index in [0.29, 0.717) is 19.8 Å². The Balaban J connectivity index is 2.26. The Labute approximate surface area is 101 Å². The van der Waals surface area contributed by atoms with Gasteiger partial charge in [-0.3, -0.25) is 0 Å². The van der Waals surface area contributed by atoms with Crippen LogP contribution >= 0.6 is 0 Å². The molecule has 4 heteroatoms. The fraction of sp³-hybridized carbons (Fsp3) is 0.538. The number of ether oxygens (including phenoxy) is 3. The number of aliphatic hydroxyl groups excluding tert-OH is 1. The first-order valence-corrected chi connectivity index (χ1v) is 5.86. The third-order valence-corrected chi connectivity index (χ3v) is 2.77. The largest absolute Gasteiger partial charge is 0.486 e. The first-order chi connectivity index (χ1) is 8.35. The van der Waals surface area contributed by atoms with Gasteiger partial charge in [0.2, 0.25) is 0 Å². The number of hydrogen-bond donors (Lipinski definition) is 1. The monoisotopic (exact) mass is 238 g/mol. The lowest BCUT2D eigenvalue weighted by molar-refractivity contribution is 0.167. The summed E-state index contributed by atoms with van der Waals surface area (Å²) in [5.74, 6) is 1.58. The molecule has 0 saturated carbocycles. The summed E-state index contributed by atoms with van der Waals surface area (Å²) >= 11 is 0. The van der Waals surface area contributed by atoms with E-state index >= 15 is 0 Å². The van der Waals surface area contributed by atoms with Gasteiger partial charge in [0.25, 0.3) is 0 Å². The van der Waals surface area contributed by atoms with Crippen LogP contribution in [0.3, 0.4) is 0 Å². The number of hydrogen-bond acceptors (Lipinski definition) is 4. The third kappa shape index (κ3) is 2.90. The van der Waals surface area contributed by atoms with E-state index in [1.165, 1.54) is 0 Å². The van der Waals surface area contributed by atoms with Crippen molar-refractivity contribution in [2.24, 2.45) is 0 Å². The Morgan fingerprint density at radius 3 is 2.41 bits per heavy atom. The van der Waals surface area contributed by atoms with Crippen molar-refractivity contribution in [1.82, 2.24) is 0 Å². The van der Waals surface area contributed by atoms with E-state index < -0.39 is 0 Å². The minimum atomic E-state index is 0.195. The molecule has 0 radical (unpaired) electrons. The molecule has 0 fully saturated rings. The predicted octanol–water partition coefficient (Wildman–Crippen LogP) is 1.53. The molecule has 1 aliphatic heterocycles. The molecule has 1 heterocycles. The summed E-state index contributed by atoms with van der Waals surface area (Å²) in [5, 5.41) is 8.90. The summed E-state index contributed by atoms with van der Waals surface area (Å²) in [5.41, 5.74) is 2.26. The molecule has 0 amide bonds. The van der Waals surface area contributed by atoms with Gasteiger partial charge in [0.15, 0.2) is 11.5 Å². The van der Waals surface area contributed by atoms with Gasteiger partial charge in [-0.1, -0.05) is 0 Å². The highest BCUT2D eigenvalue weighted by Gasteiger charge is 2.15. The van der Waals surface area contributed by atoms with Gasteiger partial charge < -0.3 is 19.3 Å². The van der Waals surface area contributed by atoms with Crippen LogP contribution in [-0.2, 0) is 17.8 Å². The quantitative estimate of drug-likeness (QED) is 0.845. The van der Waals surface area contributed by atoms with Gasteiger partial charge in [-0.15, -0.1) is 0 Å². The Morgan fingerprint density at radius 1 is 1.18 bits per heavy atom. The molecule has 4 nitrogen and oxygen atoms in total. The maximum atomic E-state index is 8.90. The Hall–Kier alpha value is -1.26. The van der Waals surface area contributed by atoms with Crippen LogP contribution in [0, 0.1) is 0 Å². The SMILES string of the molecule is COCc1cc2c(cc1CCCO)OCCO2. The first-order valence-electron chi connectivity index (χ1n) is 5.86. The molecule has 94 valence electrons. The zero-order valence-electron chi connectivity index (χ0n) is 10.1. The van der Waals surface area contributed by atoms with Crippen LogP contribution in [0.5, 0.6) is 11.5 Å². The molecule has 0 aromatic heterocycles. The van der Waals surface area contributed by atoms with Crippen molar-refractivity contribution in [2.75, 3.05) is 26.9 Å². The lowest BCUT2D eigenvalue weighted by Crippen LogP contribution is -2.16. The van der Waals surface area contributed by atoms with Crippen molar-refractivity contribution in [2.45, 2.75) is 19.4 Å². The van der Waals surface area contributed by atoms with Crippen LogP contribution in [0.2, 0.25) is 0 Å². The molecule has 0 atom stereocenters. The van der Waals surface area contributed by atoms with Crippen molar-refractivity contribution in [3.8, 4) is 11.5 Å². The summed E-state index contributed by atoms with van der Waals surface area (Å²) in [6, 6.07) is 3.98. The Morgan fingerprint density at radius 2 is 1.82 bits per heavy atom. The first kappa shape index (κ1) is 12.2. The second-order valence-electron chi connectivity index (χ2n) is 4.02. The third-order valence-electron chi connectivity index (χ3n) is 2.77. The van der Waals surface area contributed by atoms with Crippen LogP contribution in [0.4, 0.5) is 0 Å². The average Bonchev–Trinajstić information content (AvgIpc) is 2.36. The molecular weight excluding hydrogens is 220 g/mol. The number of methoxy groups -OCH3 is 1. The summed E-state index contributed by atoms with van der Waals surface area (Å²) in [6.45, 7) is 1.93. The van der Waals surface area contributed by atoms with E-state index in [1.54, 1.807) is 7.11 Å². The summed E-state index contributed by atoms with van der Waals surface area (Å²) in [7, 11) is 1.67. The molecule has 0 aliphatic carbocycles. The van der Waals surface area contributed by atoms with E-state index in [9.17, 15) is 0 Å². The summed E-state index contributed by atoms with van der Waals surface area (Å²) in [6.07, 6.45) is 1.57. The van der Waals surface area contributed by atoms with E-state index in [1.807, 2.05) is 12.1 Å². The van der Waals surface area contributed by atoms with Crippen LogP contribution in [0.1, 0.15) is 17.5 Å². The lowest BCUT2D eigenvalue weighted by atomic mass is 10.0. The van der Waals surface area contributed by atoms with Gasteiger partial charge in [0, 0.05) is 13.7 Å². The maximum Gasteiger partial charge on any atom is 0.161 e. The number of aliphatic hydroxyl groups is 1. The van der Waals surface area contributed by atoms with E-state index in [-0.39, 0.29) is 6.61 Å². The Kier molecular flexibility index (Phi) is 4.23. The maximum absolute atomic E-state index is 8.90. The van der Waals surface area contributed by atoms with Gasteiger partial charge in [-0.05, 0) is 36.1 Å². The second-order valence-corrected chi connectivity index (χ2v) is 4.02. The number of rotatable bonds is 5. The highest BCUT2D eigenvalue weighted by molar-refractivity contribution is 5.48. The topological polar surface area (TPSA) is 47.9 Å². The highest BCUT2D eigenvalue weighted by atomic mass is 16.6. The molecule has 1 N–H and O–H groups in total. The van der Waals surface area contributed by atoms with Crippen molar-refractivity contribution in [3.63, 3.8) is 0 Å². The van der Waals surface area contributed by atoms with Crippen molar-refractivity contribution < 1.29 is 19.3 Å². The van der Waals surface area contributed by atoms with Gasteiger partial charge in [-0.25, -0.2) is 0 Å². The van der Waals surface area contributed by atoms with E-state index in [2.05, 4.69) is 0 Å². The second kappa shape index (κ2) is 5.89. The zero-order valence-corrected chi connectivity index (χ0v) is 10.1. The van der Waals surface area contributed by atoms with E-state index in [0.717, 1.165) is 35.5 Å². The summed E-state index contributed by atoms with van der Waals surface area (Å²) in [4.78, 5) is 0. The van der Waals surface area contributed by atoms with Gasteiger partial charge in [0.05, 0.1) is 6.61 Å². The Bertz CT molecular complexity index is 376. The van der Waals surface area contributed by atoms with Gasteiger partial charge in [-0.2, -0.15) is 0 Å². The van der Waals surface area contributed by atoms with Crippen molar-refractivity contribution >= 4 is 0 Å². The van der Waals surface area contributed by atoms with Crippen molar-refractivity contribution in [1.29, 1.82) is 0 Å². The van der Waals surface area contributed by atoms with Crippen LogP contribution in [-0.4, -0.2) is 32.0 Å². The molecule has 0 bridgehead atoms. The molecule has 0 spiro atoms. The van der Waals surface area contributed by atoms with Crippen molar-refractivity contribution in [3.05, 3.63) is 23.3 Å². The van der Waals surface area contributed by atoms with Crippen LogP contribution in [0.15, 0.2) is 12.1 Å². The molecule has 0 saturated heterocycles. The predicted molar refractivity (Wildman–Crippen MR) is 63.6 cm³/mol.